The monoisotopic (exact) mass is 434 g/mol. The van der Waals surface area contributed by atoms with Crippen molar-refractivity contribution >= 4 is 22.4 Å². The summed E-state index contributed by atoms with van der Waals surface area (Å²) < 4.78 is 3.14. The smallest absolute Gasteiger partial charge is 0.274 e. The van der Waals surface area contributed by atoms with E-state index in [1.54, 1.807) is 30.9 Å². The summed E-state index contributed by atoms with van der Waals surface area (Å²) in [4.78, 5) is 20.2. The fraction of sp³-hybridized carbons (Fsp3) is 0.217. The van der Waals surface area contributed by atoms with Gasteiger partial charge in [-0.3, -0.25) is 20.3 Å². The first-order valence-corrected chi connectivity index (χ1v) is 11.0. The molecule has 1 aliphatic rings. The lowest BCUT2D eigenvalue weighted by Gasteiger charge is -2.20. The Morgan fingerprint density at radius 1 is 1.16 bits per heavy atom. The molecule has 0 bridgehead atoms. The number of nitrogens with one attached hydrogen (secondary N) is 1. The second kappa shape index (κ2) is 9.99. The molecule has 4 aromatic heterocycles. The lowest BCUT2D eigenvalue weighted by molar-refractivity contribution is -0.910. The minimum Gasteiger partial charge on any atom is -0.339 e. The van der Waals surface area contributed by atoms with Crippen LogP contribution < -0.4 is 10.0 Å². The van der Waals surface area contributed by atoms with E-state index >= 15 is 0 Å². The number of anilines is 1. The molecule has 31 heavy (non-hydrogen) atoms. The van der Waals surface area contributed by atoms with Gasteiger partial charge in [-0.15, -0.1) is 11.3 Å². The lowest BCUT2D eigenvalue weighted by atomic mass is 9.83. The number of aromatic nitrogens is 4. The topological polar surface area (TPSA) is 83.9 Å². The Morgan fingerprint density at radius 3 is 2.68 bits per heavy atom. The van der Waals surface area contributed by atoms with Gasteiger partial charge < -0.3 is 4.57 Å². The van der Waals surface area contributed by atoms with Crippen LogP contribution in [0.15, 0.2) is 78.8 Å². The minimum absolute atomic E-state index is 0.154. The summed E-state index contributed by atoms with van der Waals surface area (Å²) in [7, 11) is 0. The third-order valence-electron chi connectivity index (χ3n) is 5.21. The zero-order valence-electron chi connectivity index (χ0n) is 17.0. The molecule has 0 aliphatic heterocycles. The second-order valence-electron chi connectivity index (χ2n) is 7.27. The van der Waals surface area contributed by atoms with Crippen molar-refractivity contribution in [2.24, 2.45) is 0 Å². The van der Waals surface area contributed by atoms with Gasteiger partial charge in [0.05, 0.1) is 0 Å². The summed E-state index contributed by atoms with van der Waals surface area (Å²) in [6, 6.07) is 13.3. The van der Waals surface area contributed by atoms with Gasteiger partial charge in [-0.25, -0.2) is 4.98 Å². The first-order chi connectivity index (χ1) is 15.2. The van der Waals surface area contributed by atoms with Crippen LogP contribution in [0.5, 0.6) is 0 Å². The molecular weight excluding hydrogens is 410 g/mol. The van der Waals surface area contributed by atoms with Gasteiger partial charge in [0.1, 0.15) is 5.69 Å². The quantitative estimate of drug-likeness (QED) is 0.366. The van der Waals surface area contributed by atoms with Crippen molar-refractivity contribution in [2.45, 2.75) is 31.7 Å². The van der Waals surface area contributed by atoms with Gasteiger partial charge in [0.2, 0.25) is 11.9 Å². The molecule has 1 saturated carbocycles. The van der Waals surface area contributed by atoms with Crippen molar-refractivity contribution < 1.29 is 14.7 Å². The molecule has 0 radical (unpaired) electrons. The number of rotatable bonds is 5. The molecule has 8 heteroatoms. The van der Waals surface area contributed by atoms with E-state index < -0.39 is 0 Å². The van der Waals surface area contributed by atoms with Crippen LogP contribution in [-0.2, 0) is 6.54 Å². The summed E-state index contributed by atoms with van der Waals surface area (Å²) in [5.74, 6) is 0.445. The number of amides is 1. The normalized spacial score (nSPS) is 13.0. The lowest BCUT2D eigenvalue weighted by Crippen LogP contribution is -2.37. The molecular formula is C23H24N5O2S+. The Balaban J connectivity index is 0.000000177. The summed E-state index contributed by atoms with van der Waals surface area (Å²) in [6.07, 6.45) is 12.5. The molecule has 0 unspecified atom stereocenters. The average Bonchev–Trinajstić information content (AvgIpc) is 3.42. The largest absolute Gasteiger partial charge is 0.339 e. The minimum atomic E-state index is -0.154. The van der Waals surface area contributed by atoms with Crippen LogP contribution in [0.4, 0.5) is 5.13 Å². The van der Waals surface area contributed by atoms with Crippen molar-refractivity contribution in [3.8, 4) is 0 Å². The molecule has 0 saturated heterocycles. The standard InChI is InChI=1S/C14H12N4OS.C9H12NO/c19-13(17-14-16-7-9-20-14)12-2-1-8-18(12)10-11-3-5-15-6-4-11;11-10-7-2-1-6-9(10)8-4-3-5-8/h1-9H,10H2,(H,16,17,19);1-2,6-8,11H,3-5H2/q;+1. The van der Waals surface area contributed by atoms with E-state index in [0.29, 0.717) is 23.3 Å². The summed E-state index contributed by atoms with van der Waals surface area (Å²) in [6.45, 7) is 0.635. The van der Waals surface area contributed by atoms with Gasteiger partial charge in [0.15, 0.2) is 5.13 Å². The predicted octanol–water partition coefficient (Wildman–Crippen LogP) is 4.12. The first-order valence-electron chi connectivity index (χ1n) is 10.2. The fourth-order valence-corrected chi connectivity index (χ4v) is 3.89. The van der Waals surface area contributed by atoms with E-state index in [1.165, 1.54) is 35.3 Å². The maximum absolute atomic E-state index is 12.2. The molecule has 158 valence electrons. The highest BCUT2D eigenvalue weighted by Crippen LogP contribution is 2.34. The van der Waals surface area contributed by atoms with Gasteiger partial charge in [-0.05, 0) is 48.7 Å². The number of pyridine rings is 2. The van der Waals surface area contributed by atoms with Gasteiger partial charge in [-0.2, -0.15) is 0 Å². The highest BCUT2D eigenvalue weighted by Gasteiger charge is 2.27. The molecule has 0 spiro atoms. The number of carbonyl (C=O) groups excluding carboxylic acids is 1. The van der Waals surface area contributed by atoms with E-state index in [4.69, 9.17) is 0 Å². The van der Waals surface area contributed by atoms with Crippen LogP contribution in [0.25, 0.3) is 0 Å². The van der Waals surface area contributed by atoms with Crippen molar-refractivity contribution in [1.82, 2.24) is 14.5 Å². The number of carbonyl (C=O) groups is 1. The first kappa shape index (κ1) is 20.7. The molecule has 1 amide bonds. The molecule has 4 aromatic rings. The van der Waals surface area contributed by atoms with Gasteiger partial charge in [0.25, 0.3) is 5.91 Å². The van der Waals surface area contributed by atoms with Crippen LogP contribution in [0.1, 0.15) is 46.9 Å². The highest BCUT2D eigenvalue weighted by atomic mass is 32.1. The van der Waals surface area contributed by atoms with Crippen molar-refractivity contribution in [2.75, 3.05) is 5.32 Å². The Labute approximate surface area is 184 Å². The maximum Gasteiger partial charge on any atom is 0.274 e. The predicted molar refractivity (Wildman–Crippen MR) is 118 cm³/mol. The maximum atomic E-state index is 12.2. The van der Waals surface area contributed by atoms with Crippen LogP contribution in [0.2, 0.25) is 0 Å². The van der Waals surface area contributed by atoms with E-state index in [1.807, 2.05) is 52.5 Å². The molecule has 7 nitrogen and oxygen atoms in total. The highest BCUT2D eigenvalue weighted by molar-refractivity contribution is 7.13. The molecule has 1 aliphatic carbocycles. The number of nitrogens with zero attached hydrogens (tertiary/aromatic N) is 4. The Hall–Kier alpha value is -3.52. The van der Waals surface area contributed by atoms with E-state index in [-0.39, 0.29) is 5.91 Å². The van der Waals surface area contributed by atoms with E-state index in [0.717, 1.165) is 11.3 Å². The zero-order valence-corrected chi connectivity index (χ0v) is 17.8. The molecule has 0 aromatic carbocycles. The Morgan fingerprint density at radius 2 is 2.00 bits per heavy atom. The summed E-state index contributed by atoms with van der Waals surface area (Å²) in [5, 5.41) is 14.6. The number of thiazole rings is 1. The average molecular weight is 435 g/mol. The Bertz CT molecular complexity index is 1110. The number of hydrogen-bond donors (Lipinski definition) is 2. The van der Waals surface area contributed by atoms with Crippen LogP contribution >= 0.6 is 11.3 Å². The van der Waals surface area contributed by atoms with Gasteiger partial charge in [0, 0.05) is 59.5 Å². The SMILES string of the molecule is O=C(Nc1nccs1)c1cccn1Cc1ccncc1.O[n+]1ccccc1C1CCC1. The summed E-state index contributed by atoms with van der Waals surface area (Å²) >= 11 is 1.40. The molecule has 0 atom stereocenters. The van der Waals surface area contributed by atoms with Gasteiger partial charge >= 0.3 is 0 Å². The van der Waals surface area contributed by atoms with Crippen molar-refractivity contribution in [3.63, 3.8) is 0 Å². The van der Waals surface area contributed by atoms with Gasteiger partial charge in [-0.1, -0.05) is 6.42 Å². The van der Waals surface area contributed by atoms with Crippen molar-refractivity contribution in [3.05, 3.63) is 95.8 Å². The molecule has 4 heterocycles. The summed E-state index contributed by atoms with van der Waals surface area (Å²) in [5.41, 5.74) is 2.76. The molecule has 2 N–H and O–H groups in total. The zero-order chi connectivity index (χ0) is 21.5. The van der Waals surface area contributed by atoms with Crippen LogP contribution in [-0.4, -0.2) is 25.6 Å². The second-order valence-corrected chi connectivity index (χ2v) is 8.16. The fourth-order valence-electron chi connectivity index (χ4n) is 3.36. The molecule has 5 rings (SSSR count). The van der Waals surface area contributed by atoms with Crippen LogP contribution in [0, 0.1) is 0 Å². The molecule has 1 fully saturated rings. The van der Waals surface area contributed by atoms with Crippen LogP contribution in [0.3, 0.4) is 0 Å². The third kappa shape index (κ3) is 5.35. The van der Waals surface area contributed by atoms with Crippen molar-refractivity contribution in [1.29, 1.82) is 0 Å². The Kier molecular flexibility index (Phi) is 6.68. The third-order valence-corrected chi connectivity index (χ3v) is 5.90. The van der Waals surface area contributed by atoms with E-state index in [2.05, 4.69) is 15.3 Å². The van der Waals surface area contributed by atoms with E-state index in [9.17, 15) is 10.0 Å². The number of hydrogen-bond acceptors (Lipinski definition) is 5.